The van der Waals surface area contributed by atoms with Crippen molar-refractivity contribution in [2.24, 2.45) is 5.73 Å². The summed E-state index contributed by atoms with van der Waals surface area (Å²) in [5, 5.41) is 7.74. The molecule has 2 aromatic rings. The van der Waals surface area contributed by atoms with Crippen molar-refractivity contribution >= 4 is 11.5 Å². The minimum atomic E-state index is 0.305. The third-order valence-electron chi connectivity index (χ3n) is 3.37. The molecule has 1 aliphatic rings. The molecule has 3 rings (SSSR count). The van der Waals surface area contributed by atoms with E-state index in [9.17, 15) is 0 Å². The molecular formula is C12H17N5O. The van der Waals surface area contributed by atoms with Crippen LogP contribution in [0.2, 0.25) is 0 Å². The summed E-state index contributed by atoms with van der Waals surface area (Å²) in [6.45, 7) is 0. The number of anilines is 1. The van der Waals surface area contributed by atoms with Crippen molar-refractivity contribution in [1.82, 2.24) is 14.6 Å². The zero-order valence-electron chi connectivity index (χ0n) is 10.3. The van der Waals surface area contributed by atoms with Crippen molar-refractivity contribution in [2.45, 2.75) is 31.3 Å². The second kappa shape index (κ2) is 4.45. The maximum atomic E-state index is 5.93. The van der Waals surface area contributed by atoms with Gasteiger partial charge >= 0.3 is 0 Å². The summed E-state index contributed by atoms with van der Waals surface area (Å²) >= 11 is 0. The predicted molar refractivity (Wildman–Crippen MR) is 68.8 cm³/mol. The van der Waals surface area contributed by atoms with Crippen LogP contribution >= 0.6 is 0 Å². The minimum Gasteiger partial charge on any atom is -0.481 e. The van der Waals surface area contributed by atoms with Gasteiger partial charge in [0.15, 0.2) is 5.65 Å². The Balaban J connectivity index is 1.92. The molecule has 1 aliphatic carbocycles. The minimum absolute atomic E-state index is 0.305. The monoisotopic (exact) mass is 247 g/mol. The Morgan fingerprint density at radius 1 is 1.50 bits per heavy atom. The van der Waals surface area contributed by atoms with Crippen LogP contribution in [-0.4, -0.2) is 33.8 Å². The maximum Gasteiger partial charge on any atom is 0.218 e. The number of rotatable bonds is 3. The summed E-state index contributed by atoms with van der Waals surface area (Å²) < 4.78 is 6.99. The lowest BCUT2D eigenvalue weighted by atomic mass is 10.2. The van der Waals surface area contributed by atoms with Crippen LogP contribution in [0.15, 0.2) is 18.3 Å². The fraction of sp³-hybridized carbons (Fsp3) is 0.500. The van der Waals surface area contributed by atoms with Crippen LogP contribution < -0.4 is 15.8 Å². The number of aromatic nitrogens is 3. The number of ether oxygens (including phenoxy) is 1. The van der Waals surface area contributed by atoms with Crippen molar-refractivity contribution in [3.63, 3.8) is 0 Å². The molecule has 0 bridgehead atoms. The zero-order chi connectivity index (χ0) is 12.5. The van der Waals surface area contributed by atoms with E-state index in [4.69, 9.17) is 10.5 Å². The number of hydrogen-bond acceptors (Lipinski definition) is 5. The number of nitrogens with two attached hydrogens (primary N) is 1. The van der Waals surface area contributed by atoms with Crippen LogP contribution in [0.25, 0.3) is 5.65 Å². The van der Waals surface area contributed by atoms with E-state index in [-0.39, 0.29) is 0 Å². The van der Waals surface area contributed by atoms with Gasteiger partial charge in [0.1, 0.15) is 5.82 Å². The SMILES string of the molecule is COc1cc(N[C@@H]2CC[C@@H](N)C2)n2nccc2n1. The van der Waals surface area contributed by atoms with Gasteiger partial charge in [0.2, 0.25) is 5.88 Å². The van der Waals surface area contributed by atoms with E-state index in [1.807, 2.05) is 12.1 Å². The van der Waals surface area contributed by atoms with Gasteiger partial charge in [0.25, 0.3) is 0 Å². The molecule has 1 fully saturated rings. The Bertz CT molecular complexity index is 552. The third kappa shape index (κ3) is 1.99. The van der Waals surface area contributed by atoms with Crippen molar-refractivity contribution in [3.8, 4) is 5.88 Å². The molecule has 3 N–H and O–H groups in total. The number of fused-ring (bicyclic) bond motifs is 1. The maximum absolute atomic E-state index is 5.93. The van der Waals surface area contributed by atoms with Crippen molar-refractivity contribution in [1.29, 1.82) is 0 Å². The molecule has 2 aromatic heterocycles. The number of methoxy groups -OCH3 is 1. The average Bonchev–Trinajstić information content (AvgIpc) is 2.98. The Morgan fingerprint density at radius 3 is 3.11 bits per heavy atom. The van der Waals surface area contributed by atoms with Gasteiger partial charge in [-0.25, -0.2) is 0 Å². The smallest absolute Gasteiger partial charge is 0.218 e. The van der Waals surface area contributed by atoms with Crippen LogP contribution in [0.4, 0.5) is 5.82 Å². The predicted octanol–water partition coefficient (Wildman–Crippen LogP) is 1.03. The lowest BCUT2D eigenvalue weighted by Crippen LogP contribution is -2.22. The first-order valence-corrected chi connectivity index (χ1v) is 6.17. The van der Waals surface area contributed by atoms with Crippen LogP contribution in [0.5, 0.6) is 5.88 Å². The summed E-state index contributed by atoms with van der Waals surface area (Å²) in [5.41, 5.74) is 6.71. The highest BCUT2D eigenvalue weighted by molar-refractivity contribution is 5.51. The van der Waals surface area contributed by atoms with E-state index >= 15 is 0 Å². The molecule has 0 aromatic carbocycles. The second-order valence-corrected chi connectivity index (χ2v) is 4.70. The number of nitrogens with zero attached hydrogens (tertiary/aromatic N) is 3. The quantitative estimate of drug-likeness (QED) is 0.847. The van der Waals surface area contributed by atoms with Gasteiger partial charge in [-0.05, 0) is 19.3 Å². The molecular weight excluding hydrogens is 230 g/mol. The molecule has 0 radical (unpaired) electrons. The van der Waals surface area contributed by atoms with Gasteiger partial charge in [0, 0.05) is 24.2 Å². The Labute approximate surface area is 105 Å². The summed E-state index contributed by atoms with van der Waals surface area (Å²) in [5.74, 6) is 1.49. The Hall–Kier alpha value is -1.82. The van der Waals surface area contributed by atoms with Crippen molar-refractivity contribution < 1.29 is 4.74 Å². The lowest BCUT2D eigenvalue weighted by Gasteiger charge is -2.15. The fourth-order valence-corrected chi connectivity index (χ4v) is 2.45. The Kier molecular flexibility index (Phi) is 2.79. The molecule has 0 amide bonds. The van der Waals surface area contributed by atoms with E-state index in [0.29, 0.717) is 18.0 Å². The van der Waals surface area contributed by atoms with Crippen LogP contribution in [0.1, 0.15) is 19.3 Å². The molecule has 18 heavy (non-hydrogen) atoms. The third-order valence-corrected chi connectivity index (χ3v) is 3.37. The summed E-state index contributed by atoms with van der Waals surface area (Å²) in [7, 11) is 1.62. The van der Waals surface area contributed by atoms with Gasteiger partial charge < -0.3 is 15.8 Å². The highest BCUT2D eigenvalue weighted by Crippen LogP contribution is 2.24. The second-order valence-electron chi connectivity index (χ2n) is 4.70. The highest BCUT2D eigenvalue weighted by atomic mass is 16.5. The molecule has 0 saturated heterocycles. The molecule has 0 aliphatic heterocycles. The molecule has 6 heteroatoms. The molecule has 2 atom stereocenters. The normalized spacial score (nSPS) is 23.4. The first kappa shape index (κ1) is 11.3. The zero-order valence-corrected chi connectivity index (χ0v) is 10.3. The summed E-state index contributed by atoms with van der Waals surface area (Å²) in [6.07, 6.45) is 4.89. The van der Waals surface area contributed by atoms with Gasteiger partial charge in [-0.3, -0.25) is 0 Å². The van der Waals surface area contributed by atoms with E-state index in [1.165, 1.54) is 0 Å². The first-order chi connectivity index (χ1) is 8.76. The van der Waals surface area contributed by atoms with E-state index in [1.54, 1.807) is 17.8 Å². The fourth-order valence-electron chi connectivity index (χ4n) is 2.45. The number of hydrogen-bond donors (Lipinski definition) is 2. The lowest BCUT2D eigenvalue weighted by molar-refractivity contribution is 0.398. The van der Waals surface area contributed by atoms with Gasteiger partial charge in [-0.1, -0.05) is 0 Å². The van der Waals surface area contributed by atoms with Crippen LogP contribution in [0, 0.1) is 0 Å². The first-order valence-electron chi connectivity index (χ1n) is 6.17. The average molecular weight is 247 g/mol. The standard InChI is InChI=1S/C12H17N5O/c1-18-12-7-11(15-9-3-2-8(13)6-9)17-10(16-12)4-5-14-17/h4-5,7-9,15H,2-3,6,13H2,1H3/t8-,9-/m1/s1. The van der Waals surface area contributed by atoms with Crippen molar-refractivity contribution in [2.75, 3.05) is 12.4 Å². The van der Waals surface area contributed by atoms with Gasteiger partial charge in [0.05, 0.1) is 13.3 Å². The van der Waals surface area contributed by atoms with Gasteiger partial charge in [-0.15, -0.1) is 0 Å². The molecule has 1 saturated carbocycles. The van der Waals surface area contributed by atoms with Crippen LogP contribution in [0.3, 0.4) is 0 Å². The van der Waals surface area contributed by atoms with Gasteiger partial charge in [-0.2, -0.15) is 14.6 Å². The summed E-state index contributed by atoms with van der Waals surface area (Å²) in [4.78, 5) is 4.32. The van der Waals surface area contributed by atoms with E-state index < -0.39 is 0 Å². The Morgan fingerprint density at radius 2 is 2.39 bits per heavy atom. The van der Waals surface area contributed by atoms with Crippen LogP contribution in [-0.2, 0) is 0 Å². The molecule has 0 unspecified atom stereocenters. The number of nitrogens with one attached hydrogen (secondary N) is 1. The topological polar surface area (TPSA) is 77.5 Å². The van der Waals surface area contributed by atoms with E-state index in [0.717, 1.165) is 30.7 Å². The molecule has 96 valence electrons. The summed E-state index contributed by atoms with van der Waals surface area (Å²) in [6, 6.07) is 4.43. The van der Waals surface area contributed by atoms with E-state index in [2.05, 4.69) is 15.4 Å². The largest absolute Gasteiger partial charge is 0.481 e. The molecule has 0 spiro atoms. The van der Waals surface area contributed by atoms with Crippen molar-refractivity contribution in [3.05, 3.63) is 18.3 Å². The highest BCUT2D eigenvalue weighted by Gasteiger charge is 2.22. The molecule has 6 nitrogen and oxygen atoms in total. The molecule has 2 heterocycles.